The van der Waals surface area contributed by atoms with Crippen LogP contribution in [0.3, 0.4) is 0 Å². The number of carboxylic acids is 1. The van der Waals surface area contributed by atoms with Crippen LogP contribution in [0.15, 0.2) is 36.5 Å². The average molecular weight is 1280 g/mol. The predicted octanol–water partition coefficient (Wildman–Crippen LogP) is 24.2. The summed E-state index contributed by atoms with van der Waals surface area (Å²) in [6.45, 7) is 4.82. The third-order valence-corrected chi connectivity index (χ3v) is 18.4. The molecular formula is C82H155NO8. The smallest absolute Gasteiger partial charge is 0.306 e. The van der Waals surface area contributed by atoms with Crippen molar-refractivity contribution in [2.75, 3.05) is 47.5 Å². The van der Waals surface area contributed by atoms with E-state index < -0.39 is 24.3 Å². The lowest BCUT2D eigenvalue weighted by atomic mass is 10.0. The first-order valence-corrected chi connectivity index (χ1v) is 40.1. The first kappa shape index (κ1) is 88.5. The number of rotatable bonds is 76. The minimum absolute atomic E-state index is 0.151. The number of carboxylic acid groups (broad SMARTS) is 1. The monoisotopic (exact) mass is 1280 g/mol. The van der Waals surface area contributed by atoms with Gasteiger partial charge in [-0.05, 0) is 70.6 Å². The van der Waals surface area contributed by atoms with Crippen LogP contribution in [-0.2, 0) is 33.3 Å². The van der Waals surface area contributed by atoms with Crippen molar-refractivity contribution in [3.05, 3.63) is 36.5 Å². The normalized spacial score (nSPS) is 12.8. The largest absolute Gasteiger partial charge is 0.545 e. The van der Waals surface area contributed by atoms with Crippen LogP contribution in [0.1, 0.15) is 412 Å². The number of unbranched alkanes of at least 4 members (excludes halogenated alkanes) is 55. The number of quaternary nitrogens is 1. The fourth-order valence-corrected chi connectivity index (χ4v) is 12.2. The first-order chi connectivity index (χ1) is 44.6. The summed E-state index contributed by atoms with van der Waals surface area (Å²) >= 11 is 0. The number of likely N-dealkylation sites (N-methyl/N-ethyl adjacent to an activating group) is 1. The van der Waals surface area contributed by atoms with E-state index in [0.29, 0.717) is 17.4 Å². The molecule has 9 nitrogen and oxygen atoms in total. The van der Waals surface area contributed by atoms with Crippen molar-refractivity contribution in [1.82, 2.24) is 0 Å². The van der Waals surface area contributed by atoms with Crippen LogP contribution in [0.2, 0.25) is 0 Å². The van der Waals surface area contributed by atoms with Crippen molar-refractivity contribution < 1.29 is 42.9 Å². The van der Waals surface area contributed by atoms with Crippen LogP contribution in [0, 0.1) is 0 Å². The average Bonchev–Trinajstić information content (AvgIpc) is 3.50. The molecule has 0 bridgehead atoms. The quantitative estimate of drug-likeness (QED) is 0.0195. The molecule has 0 spiro atoms. The summed E-state index contributed by atoms with van der Waals surface area (Å²) in [5, 5.41) is 11.9. The second-order valence-electron chi connectivity index (χ2n) is 28.7. The summed E-state index contributed by atoms with van der Waals surface area (Å²) in [6, 6.07) is 0. The Bertz CT molecular complexity index is 1590. The minimum Gasteiger partial charge on any atom is -0.545 e. The van der Waals surface area contributed by atoms with Crippen LogP contribution in [0.25, 0.3) is 0 Å². The van der Waals surface area contributed by atoms with Crippen molar-refractivity contribution in [3.63, 3.8) is 0 Å². The summed E-state index contributed by atoms with van der Waals surface area (Å²) in [5.74, 6) is -2.25. The van der Waals surface area contributed by atoms with Crippen molar-refractivity contribution in [1.29, 1.82) is 0 Å². The lowest BCUT2D eigenvalue weighted by Gasteiger charge is -2.26. The van der Waals surface area contributed by atoms with E-state index in [1.54, 1.807) is 0 Å². The van der Waals surface area contributed by atoms with Crippen molar-refractivity contribution in [2.24, 2.45) is 0 Å². The summed E-state index contributed by atoms with van der Waals surface area (Å²) in [4.78, 5) is 37.6. The molecule has 0 radical (unpaired) electrons. The molecule has 0 aromatic rings. The molecule has 0 fully saturated rings. The summed E-state index contributed by atoms with van der Waals surface area (Å²) < 4.78 is 22.9. The van der Waals surface area contributed by atoms with Crippen LogP contribution >= 0.6 is 0 Å². The highest BCUT2D eigenvalue weighted by atomic mass is 16.7. The molecule has 91 heavy (non-hydrogen) atoms. The molecule has 0 aliphatic rings. The number of ether oxygens (including phenoxy) is 4. The Morgan fingerprint density at radius 2 is 0.593 bits per heavy atom. The van der Waals surface area contributed by atoms with Crippen LogP contribution in [0.5, 0.6) is 0 Å². The molecule has 0 rings (SSSR count). The zero-order valence-corrected chi connectivity index (χ0v) is 61.5. The Morgan fingerprint density at radius 3 is 0.879 bits per heavy atom. The maximum Gasteiger partial charge on any atom is 0.306 e. The molecule has 0 aliphatic carbocycles. The van der Waals surface area contributed by atoms with E-state index in [1.165, 1.54) is 340 Å². The van der Waals surface area contributed by atoms with Gasteiger partial charge in [-0.3, -0.25) is 9.59 Å². The van der Waals surface area contributed by atoms with E-state index in [2.05, 4.69) is 50.3 Å². The van der Waals surface area contributed by atoms with E-state index >= 15 is 0 Å². The molecule has 0 aliphatic heterocycles. The van der Waals surface area contributed by atoms with Crippen molar-refractivity contribution >= 4 is 17.9 Å². The van der Waals surface area contributed by atoms with Gasteiger partial charge in [0.2, 0.25) is 0 Å². The van der Waals surface area contributed by atoms with Gasteiger partial charge in [0.25, 0.3) is 0 Å². The van der Waals surface area contributed by atoms with Gasteiger partial charge in [0.15, 0.2) is 12.4 Å². The van der Waals surface area contributed by atoms with Gasteiger partial charge in [0.1, 0.15) is 13.2 Å². The number of hydrogen-bond acceptors (Lipinski definition) is 8. The lowest BCUT2D eigenvalue weighted by molar-refractivity contribution is -0.870. The molecule has 9 heteroatoms. The molecule has 0 heterocycles. The van der Waals surface area contributed by atoms with Gasteiger partial charge in [-0.1, -0.05) is 365 Å². The molecule has 0 saturated heterocycles. The zero-order valence-electron chi connectivity index (χ0n) is 61.5. The van der Waals surface area contributed by atoms with E-state index in [4.69, 9.17) is 18.9 Å². The SMILES string of the molecule is CCCCCCC/C=C\C/C=C\CCCCCCCCCCCCCCCCCCCCCCCCCCCC(=O)OC(COC(=O)CCCCCCCCCCCCCCCCCCC/C=C\CCCCCCCCCC)COC(OCC[N+](C)(C)C)C(=O)[O-]. The molecular weight excluding hydrogens is 1130 g/mol. The topological polar surface area (TPSA) is 111 Å². The van der Waals surface area contributed by atoms with Gasteiger partial charge >= 0.3 is 11.9 Å². The highest BCUT2D eigenvalue weighted by Crippen LogP contribution is 2.20. The molecule has 0 saturated carbocycles. The highest BCUT2D eigenvalue weighted by molar-refractivity contribution is 5.70. The Balaban J connectivity index is 3.96. The second kappa shape index (κ2) is 73.3. The van der Waals surface area contributed by atoms with E-state index in [1.807, 2.05) is 21.1 Å². The zero-order chi connectivity index (χ0) is 66.1. The first-order valence-electron chi connectivity index (χ1n) is 40.1. The fraction of sp³-hybridized carbons (Fsp3) is 0.890. The predicted molar refractivity (Wildman–Crippen MR) is 389 cm³/mol. The van der Waals surface area contributed by atoms with E-state index in [9.17, 15) is 19.5 Å². The number of nitrogens with zero attached hydrogens (tertiary/aromatic N) is 1. The number of aliphatic carboxylic acids is 1. The summed E-state index contributed by atoms with van der Waals surface area (Å²) in [6.07, 6.45) is 91.3. The molecule has 0 amide bonds. The van der Waals surface area contributed by atoms with Gasteiger partial charge in [-0.2, -0.15) is 0 Å². The van der Waals surface area contributed by atoms with E-state index in [0.717, 1.165) is 44.9 Å². The highest BCUT2D eigenvalue weighted by Gasteiger charge is 2.22. The van der Waals surface area contributed by atoms with Gasteiger partial charge in [0.05, 0.1) is 40.3 Å². The summed E-state index contributed by atoms with van der Waals surface area (Å²) in [5.41, 5.74) is 0. The Hall–Kier alpha value is -2.49. The van der Waals surface area contributed by atoms with Crippen LogP contribution in [-0.4, -0.2) is 82.3 Å². The molecule has 2 atom stereocenters. The van der Waals surface area contributed by atoms with Gasteiger partial charge < -0.3 is 33.3 Å². The Kier molecular flexibility index (Phi) is 71.3. The molecule has 0 N–H and O–H groups in total. The Morgan fingerprint density at radius 1 is 0.330 bits per heavy atom. The van der Waals surface area contributed by atoms with Gasteiger partial charge in [-0.25, -0.2) is 0 Å². The van der Waals surface area contributed by atoms with E-state index in [-0.39, 0.29) is 32.2 Å². The third kappa shape index (κ3) is 74.8. The molecule has 2 unspecified atom stereocenters. The Labute approximate surface area is 566 Å². The van der Waals surface area contributed by atoms with Crippen LogP contribution < -0.4 is 5.11 Å². The third-order valence-electron chi connectivity index (χ3n) is 18.4. The van der Waals surface area contributed by atoms with Gasteiger partial charge in [0, 0.05) is 12.8 Å². The van der Waals surface area contributed by atoms with Crippen molar-refractivity contribution in [2.45, 2.75) is 424 Å². The maximum atomic E-state index is 13.0. The van der Waals surface area contributed by atoms with Gasteiger partial charge in [-0.15, -0.1) is 0 Å². The molecule has 536 valence electrons. The minimum atomic E-state index is -1.62. The molecule has 0 aromatic carbocycles. The fourth-order valence-electron chi connectivity index (χ4n) is 12.2. The second-order valence-corrected chi connectivity index (χ2v) is 28.7. The standard InChI is InChI=1S/C82H155NO8/c1-6-8-10-12-14-16-18-20-22-24-26-28-30-32-34-36-37-38-39-40-41-42-43-45-47-49-51-53-55-57-59-61-63-65-67-69-71-73-80(85)91-78(77-90-82(81(86)87)88-75-74-83(3,4)5)76-89-79(84)72-70-68-66-64-62-60-58-56-54-52-50-48-46-44-35-33-31-29-27-25-23-21-19-17-15-13-11-9-7-2/h18,20,24-27,78,82H,6-17,19,21-23,28-77H2,1-5H3/b20-18-,26-24-,27-25-. The van der Waals surface area contributed by atoms with Crippen molar-refractivity contribution in [3.8, 4) is 0 Å². The molecule has 0 aromatic heterocycles. The lowest BCUT2D eigenvalue weighted by Crippen LogP contribution is -2.44. The van der Waals surface area contributed by atoms with Crippen LogP contribution in [0.4, 0.5) is 0 Å². The number of esters is 2. The number of carbonyl (C=O) groups is 3. The number of hydrogen-bond donors (Lipinski definition) is 0. The maximum absolute atomic E-state index is 13.0. The number of allylic oxidation sites excluding steroid dienone is 6. The number of carbonyl (C=O) groups excluding carboxylic acids is 3. The summed E-state index contributed by atoms with van der Waals surface area (Å²) in [7, 11) is 5.95.